The van der Waals surface area contributed by atoms with E-state index in [1.54, 1.807) is 7.05 Å². The number of halogens is 4. The fraction of sp³-hybridized carbons (Fsp3) is 0.611. The van der Waals surface area contributed by atoms with Crippen LogP contribution < -0.4 is 10.6 Å². The normalized spacial score (nSPS) is 23.1. The molecule has 0 aromatic heterocycles. The van der Waals surface area contributed by atoms with Gasteiger partial charge < -0.3 is 10.6 Å². The SMILES string of the molecule is CN=C(NCC1(c2ccc(Cl)cc2)CC1)NC1CCN(CC(F)(F)F)C1. The average molecular weight is 389 g/mol. The Kier molecular flexibility index (Phi) is 5.67. The molecular weight excluding hydrogens is 365 g/mol. The second-order valence-electron chi connectivity index (χ2n) is 7.19. The molecule has 0 amide bonds. The number of nitrogens with zero attached hydrogens (tertiary/aromatic N) is 2. The molecule has 0 spiro atoms. The van der Waals surface area contributed by atoms with Gasteiger partial charge in [0.25, 0.3) is 0 Å². The van der Waals surface area contributed by atoms with Gasteiger partial charge >= 0.3 is 6.18 Å². The predicted octanol–water partition coefficient (Wildman–Crippen LogP) is 3.17. The summed E-state index contributed by atoms with van der Waals surface area (Å²) in [5.41, 5.74) is 1.35. The summed E-state index contributed by atoms with van der Waals surface area (Å²) in [5, 5.41) is 7.31. The second kappa shape index (κ2) is 7.64. The Morgan fingerprint density at radius 1 is 1.31 bits per heavy atom. The number of aliphatic imine (C=N–C) groups is 1. The van der Waals surface area contributed by atoms with E-state index >= 15 is 0 Å². The molecule has 1 saturated carbocycles. The van der Waals surface area contributed by atoms with E-state index in [0.29, 0.717) is 25.5 Å². The van der Waals surface area contributed by atoms with Gasteiger partial charge in [-0.05, 0) is 37.0 Å². The van der Waals surface area contributed by atoms with Crippen LogP contribution in [0.25, 0.3) is 0 Å². The minimum absolute atomic E-state index is 0.0192. The van der Waals surface area contributed by atoms with Gasteiger partial charge in [-0.3, -0.25) is 9.89 Å². The van der Waals surface area contributed by atoms with Gasteiger partial charge in [-0.25, -0.2) is 0 Å². The number of benzene rings is 1. The molecule has 1 aliphatic carbocycles. The standard InChI is InChI=1S/C18H24ClF3N4/c1-23-16(25-15-6-9-26(10-15)12-18(20,21)22)24-11-17(7-8-17)13-2-4-14(19)5-3-13/h2-5,15H,6-12H2,1H3,(H2,23,24,25). The summed E-state index contributed by atoms with van der Waals surface area (Å²) in [7, 11) is 1.68. The highest BCUT2D eigenvalue weighted by Gasteiger charge is 2.44. The Balaban J connectivity index is 1.49. The van der Waals surface area contributed by atoms with Gasteiger partial charge in [0.1, 0.15) is 0 Å². The first kappa shape index (κ1) is 19.3. The van der Waals surface area contributed by atoms with Crippen molar-refractivity contribution in [2.45, 2.75) is 36.9 Å². The highest BCUT2D eigenvalue weighted by Crippen LogP contribution is 2.47. The first-order valence-electron chi connectivity index (χ1n) is 8.82. The van der Waals surface area contributed by atoms with Crippen molar-refractivity contribution < 1.29 is 13.2 Å². The van der Waals surface area contributed by atoms with E-state index in [-0.39, 0.29) is 11.5 Å². The molecule has 0 bridgehead atoms. The molecule has 2 fully saturated rings. The Hall–Kier alpha value is -1.47. The maximum atomic E-state index is 12.5. The molecule has 144 valence electrons. The molecular formula is C18H24ClF3N4. The predicted molar refractivity (Wildman–Crippen MR) is 97.8 cm³/mol. The molecule has 1 aliphatic heterocycles. The van der Waals surface area contributed by atoms with Crippen LogP contribution in [0.2, 0.25) is 5.02 Å². The fourth-order valence-electron chi connectivity index (χ4n) is 3.51. The van der Waals surface area contributed by atoms with E-state index in [4.69, 9.17) is 11.6 Å². The molecule has 1 aromatic rings. The van der Waals surface area contributed by atoms with Gasteiger partial charge in [0.2, 0.25) is 0 Å². The van der Waals surface area contributed by atoms with E-state index in [9.17, 15) is 13.2 Å². The van der Waals surface area contributed by atoms with E-state index in [1.807, 2.05) is 12.1 Å². The third-order valence-corrected chi connectivity index (χ3v) is 5.40. The molecule has 2 N–H and O–H groups in total. The molecule has 26 heavy (non-hydrogen) atoms. The Morgan fingerprint density at radius 2 is 2.00 bits per heavy atom. The van der Waals surface area contributed by atoms with E-state index in [0.717, 1.165) is 24.4 Å². The maximum Gasteiger partial charge on any atom is 0.401 e. The maximum absolute atomic E-state index is 12.5. The number of likely N-dealkylation sites (tertiary alicyclic amines) is 1. The molecule has 2 aliphatic rings. The zero-order chi connectivity index (χ0) is 18.8. The lowest BCUT2D eigenvalue weighted by Gasteiger charge is -2.22. The van der Waals surface area contributed by atoms with E-state index < -0.39 is 12.7 Å². The summed E-state index contributed by atoms with van der Waals surface area (Å²) < 4.78 is 37.5. The third kappa shape index (κ3) is 5.04. The van der Waals surface area contributed by atoms with Crippen molar-refractivity contribution >= 4 is 17.6 Å². The molecule has 0 radical (unpaired) electrons. The van der Waals surface area contributed by atoms with Crippen molar-refractivity contribution in [3.63, 3.8) is 0 Å². The number of alkyl halides is 3. The van der Waals surface area contributed by atoms with Crippen molar-refractivity contribution in [3.8, 4) is 0 Å². The van der Waals surface area contributed by atoms with Crippen molar-refractivity contribution in [1.29, 1.82) is 0 Å². The summed E-state index contributed by atoms with van der Waals surface area (Å²) in [6.45, 7) is 0.718. The number of nitrogens with one attached hydrogen (secondary N) is 2. The van der Waals surface area contributed by atoms with Gasteiger partial charge in [-0.2, -0.15) is 13.2 Å². The van der Waals surface area contributed by atoms with E-state index in [2.05, 4.69) is 27.8 Å². The highest BCUT2D eigenvalue weighted by molar-refractivity contribution is 6.30. The summed E-state index contributed by atoms with van der Waals surface area (Å²) in [5.74, 6) is 0.643. The van der Waals surface area contributed by atoms with Crippen LogP contribution in [0, 0.1) is 0 Å². The van der Waals surface area contributed by atoms with Crippen molar-refractivity contribution in [3.05, 3.63) is 34.9 Å². The first-order valence-corrected chi connectivity index (χ1v) is 9.20. The summed E-state index contributed by atoms with van der Waals surface area (Å²) in [6, 6.07) is 7.89. The van der Waals surface area contributed by atoms with Crippen LogP contribution in [-0.2, 0) is 5.41 Å². The lowest BCUT2D eigenvalue weighted by atomic mass is 9.96. The molecule has 4 nitrogen and oxygen atoms in total. The smallest absolute Gasteiger partial charge is 0.356 e. The number of hydrogen-bond acceptors (Lipinski definition) is 2. The van der Waals surface area contributed by atoms with E-state index in [1.165, 1.54) is 10.5 Å². The van der Waals surface area contributed by atoms with Gasteiger partial charge in [-0.1, -0.05) is 23.7 Å². The second-order valence-corrected chi connectivity index (χ2v) is 7.63. The molecule has 1 heterocycles. The van der Waals surface area contributed by atoms with Crippen molar-refractivity contribution in [2.75, 3.05) is 33.2 Å². The molecule has 3 rings (SSSR count). The van der Waals surface area contributed by atoms with Gasteiger partial charge in [-0.15, -0.1) is 0 Å². The van der Waals surface area contributed by atoms with Crippen LogP contribution in [0.4, 0.5) is 13.2 Å². The number of hydrogen-bond donors (Lipinski definition) is 2. The molecule has 1 atom stereocenters. The monoisotopic (exact) mass is 388 g/mol. The topological polar surface area (TPSA) is 39.7 Å². The summed E-state index contributed by atoms with van der Waals surface area (Å²) in [4.78, 5) is 5.65. The number of rotatable bonds is 5. The van der Waals surface area contributed by atoms with Crippen molar-refractivity contribution in [1.82, 2.24) is 15.5 Å². The van der Waals surface area contributed by atoms with Crippen LogP contribution >= 0.6 is 11.6 Å². The lowest BCUT2D eigenvalue weighted by Crippen LogP contribution is -2.47. The molecule has 1 saturated heterocycles. The van der Waals surface area contributed by atoms with Crippen molar-refractivity contribution in [2.24, 2.45) is 4.99 Å². The van der Waals surface area contributed by atoms with Crippen LogP contribution in [0.5, 0.6) is 0 Å². The minimum Gasteiger partial charge on any atom is -0.356 e. The third-order valence-electron chi connectivity index (χ3n) is 5.14. The summed E-state index contributed by atoms with van der Waals surface area (Å²) >= 11 is 5.96. The van der Waals surface area contributed by atoms with Crippen LogP contribution in [0.15, 0.2) is 29.3 Å². The number of guanidine groups is 1. The average Bonchev–Trinajstić information content (AvgIpc) is 3.25. The molecule has 8 heteroatoms. The van der Waals surface area contributed by atoms with Gasteiger partial charge in [0, 0.05) is 43.2 Å². The highest BCUT2D eigenvalue weighted by atomic mass is 35.5. The molecule has 1 aromatic carbocycles. The van der Waals surface area contributed by atoms with Crippen LogP contribution in [-0.4, -0.2) is 56.3 Å². The van der Waals surface area contributed by atoms with Crippen LogP contribution in [0.3, 0.4) is 0 Å². The quantitative estimate of drug-likeness (QED) is 0.601. The fourth-order valence-corrected chi connectivity index (χ4v) is 3.64. The zero-order valence-electron chi connectivity index (χ0n) is 14.7. The Morgan fingerprint density at radius 3 is 2.58 bits per heavy atom. The van der Waals surface area contributed by atoms with Crippen LogP contribution in [0.1, 0.15) is 24.8 Å². The van der Waals surface area contributed by atoms with Gasteiger partial charge in [0.05, 0.1) is 6.54 Å². The zero-order valence-corrected chi connectivity index (χ0v) is 15.5. The summed E-state index contributed by atoms with van der Waals surface area (Å²) in [6.07, 6.45) is -1.27. The first-order chi connectivity index (χ1) is 12.3. The Bertz CT molecular complexity index is 641. The van der Waals surface area contributed by atoms with Gasteiger partial charge in [0.15, 0.2) is 5.96 Å². The largest absolute Gasteiger partial charge is 0.401 e. The molecule has 1 unspecified atom stereocenters. The lowest BCUT2D eigenvalue weighted by molar-refractivity contribution is -0.143. The minimum atomic E-state index is -4.15. The Labute approximate surface area is 156 Å².